The highest BCUT2D eigenvalue weighted by atomic mass is 79.9. The molecule has 0 unspecified atom stereocenters. The molecule has 0 bridgehead atoms. The van der Waals surface area contributed by atoms with E-state index in [1.54, 1.807) is 0 Å². The summed E-state index contributed by atoms with van der Waals surface area (Å²) in [5.74, 6) is -3.53. The van der Waals surface area contributed by atoms with Crippen molar-refractivity contribution in [1.82, 2.24) is 0 Å². The lowest BCUT2D eigenvalue weighted by Crippen LogP contribution is -2.06. The van der Waals surface area contributed by atoms with Crippen molar-refractivity contribution in [1.29, 1.82) is 0 Å². The van der Waals surface area contributed by atoms with Gasteiger partial charge in [-0.05, 0) is 12.1 Å². The van der Waals surface area contributed by atoms with Gasteiger partial charge >= 0.3 is 5.97 Å². The van der Waals surface area contributed by atoms with E-state index in [9.17, 15) is 13.6 Å². The molecule has 1 aromatic rings. The quantitative estimate of drug-likeness (QED) is 0.863. The molecule has 0 aromatic heterocycles. The van der Waals surface area contributed by atoms with E-state index in [0.717, 1.165) is 6.07 Å². The number of ether oxygens (including phenoxy) is 1. The van der Waals surface area contributed by atoms with Crippen LogP contribution in [0.2, 0.25) is 0 Å². The molecule has 0 saturated carbocycles. The van der Waals surface area contributed by atoms with E-state index in [-0.39, 0.29) is 18.8 Å². The summed E-state index contributed by atoms with van der Waals surface area (Å²) in [5, 5.41) is 8.31. The summed E-state index contributed by atoms with van der Waals surface area (Å²) in [7, 11) is 0. The lowest BCUT2D eigenvalue weighted by atomic mass is 10.3. The monoisotopic (exact) mass is 280 g/mol. The van der Waals surface area contributed by atoms with E-state index in [2.05, 4.69) is 15.9 Å². The molecule has 3 nitrogen and oxygen atoms in total. The Balaban J connectivity index is 2.72. The zero-order valence-electron chi connectivity index (χ0n) is 7.47. The number of benzene rings is 1. The second kappa shape index (κ2) is 5.06. The molecular formula is C9H7BrF2O3. The molecule has 0 aliphatic rings. The first-order valence-electron chi connectivity index (χ1n) is 4.00. The van der Waals surface area contributed by atoms with Crippen LogP contribution in [-0.4, -0.2) is 17.7 Å². The Kier molecular flexibility index (Phi) is 4.02. The fourth-order valence-electron chi connectivity index (χ4n) is 0.886. The van der Waals surface area contributed by atoms with Crippen LogP contribution >= 0.6 is 15.9 Å². The Bertz CT molecular complexity index is 382. The topological polar surface area (TPSA) is 46.5 Å². The van der Waals surface area contributed by atoms with Crippen LogP contribution in [0.3, 0.4) is 0 Å². The minimum atomic E-state index is -1.12. The van der Waals surface area contributed by atoms with E-state index in [4.69, 9.17) is 9.84 Å². The Morgan fingerprint density at radius 3 is 2.73 bits per heavy atom. The first-order valence-corrected chi connectivity index (χ1v) is 4.79. The van der Waals surface area contributed by atoms with E-state index in [0.29, 0.717) is 4.47 Å². The van der Waals surface area contributed by atoms with Crippen LogP contribution < -0.4 is 4.74 Å². The van der Waals surface area contributed by atoms with Crippen molar-refractivity contribution >= 4 is 21.9 Å². The number of halogens is 3. The molecule has 82 valence electrons. The van der Waals surface area contributed by atoms with Crippen LogP contribution in [0.1, 0.15) is 6.42 Å². The summed E-state index contributed by atoms with van der Waals surface area (Å²) in [5.41, 5.74) is 0. The maximum Gasteiger partial charge on any atom is 0.306 e. The van der Waals surface area contributed by atoms with Crippen LogP contribution in [0.25, 0.3) is 0 Å². The van der Waals surface area contributed by atoms with Gasteiger partial charge in [0.25, 0.3) is 0 Å². The molecule has 0 spiro atoms. The zero-order valence-corrected chi connectivity index (χ0v) is 9.05. The van der Waals surface area contributed by atoms with Gasteiger partial charge in [-0.25, -0.2) is 4.39 Å². The highest BCUT2D eigenvalue weighted by molar-refractivity contribution is 9.10. The summed E-state index contributed by atoms with van der Waals surface area (Å²) >= 11 is 2.96. The van der Waals surface area contributed by atoms with Gasteiger partial charge in [-0.15, -0.1) is 0 Å². The zero-order chi connectivity index (χ0) is 11.4. The minimum Gasteiger partial charge on any atom is -0.490 e. The standard InChI is InChI=1S/C9H7BrF2O3/c10-5-3-6(11)9(12)7(4-5)15-2-1-8(13)14/h3-4H,1-2H2,(H,13,14). The van der Waals surface area contributed by atoms with Gasteiger partial charge in [0.15, 0.2) is 11.6 Å². The highest BCUT2D eigenvalue weighted by Crippen LogP contribution is 2.25. The van der Waals surface area contributed by atoms with Crippen LogP contribution in [0, 0.1) is 11.6 Å². The molecule has 0 atom stereocenters. The predicted octanol–water partition coefficient (Wildman–Crippen LogP) is 2.58. The summed E-state index contributed by atoms with van der Waals surface area (Å²) in [6.07, 6.45) is -0.270. The van der Waals surface area contributed by atoms with Crippen LogP contribution in [0.4, 0.5) is 8.78 Å². The molecule has 1 rings (SSSR count). The average molecular weight is 281 g/mol. The highest BCUT2D eigenvalue weighted by Gasteiger charge is 2.11. The third-order valence-electron chi connectivity index (χ3n) is 1.53. The van der Waals surface area contributed by atoms with Gasteiger partial charge in [0.05, 0.1) is 13.0 Å². The van der Waals surface area contributed by atoms with Crippen LogP contribution in [-0.2, 0) is 4.79 Å². The second-order valence-electron chi connectivity index (χ2n) is 2.69. The van der Waals surface area contributed by atoms with Crippen molar-refractivity contribution in [2.45, 2.75) is 6.42 Å². The van der Waals surface area contributed by atoms with Gasteiger partial charge in [0.1, 0.15) is 0 Å². The number of carboxylic acid groups (broad SMARTS) is 1. The largest absolute Gasteiger partial charge is 0.490 e. The molecule has 1 aromatic carbocycles. The Labute approximate surface area is 92.8 Å². The van der Waals surface area contributed by atoms with Gasteiger partial charge in [0, 0.05) is 4.47 Å². The second-order valence-corrected chi connectivity index (χ2v) is 3.61. The number of carboxylic acids is 1. The molecule has 0 fully saturated rings. The molecule has 0 aliphatic carbocycles. The summed E-state index contributed by atoms with van der Waals surface area (Å²) < 4.78 is 31.0. The number of rotatable bonds is 4. The lowest BCUT2D eigenvalue weighted by Gasteiger charge is -2.06. The number of aliphatic carboxylic acids is 1. The summed E-state index contributed by atoms with van der Waals surface area (Å²) in [4.78, 5) is 10.2. The predicted molar refractivity (Wildman–Crippen MR) is 51.8 cm³/mol. The Morgan fingerprint density at radius 1 is 1.47 bits per heavy atom. The summed E-state index contributed by atoms with van der Waals surface area (Å²) in [6, 6.07) is 2.19. The van der Waals surface area contributed by atoms with E-state index in [1.165, 1.54) is 6.07 Å². The van der Waals surface area contributed by atoms with E-state index in [1.807, 2.05) is 0 Å². The molecule has 0 radical (unpaired) electrons. The normalized spacial score (nSPS) is 10.1. The molecule has 15 heavy (non-hydrogen) atoms. The maximum absolute atomic E-state index is 13.0. The molecule has 0 aliphatic heterocycles. The van der Waals surface area contributed by atoms with Crippen molar-refractivity contribution in [3.05, 3.63) is 28.2 Å². The van der Waals surface area contributed by atoms with E-state index >= 15 is 0 Å². The van der Waals surface area contributed by atoms with Gasteiger partial charge < -0.3 is 9.84 Å². The Hall–Kier alpha value is -1.17. The molecule has 6 heteroatoms. The average Bonchev–Trinajstić information content (AvgIpc) is 2.12. The third kappa shape index (κ3) is 3.47. The molecular weight excluding hydrogens is 274 g/mol. The van der Waals surface area contributed by atoms with Crippen LogP contribution in [0.15, 0.2) is 16.6 Å². The van der Waals surface area contributed by atoms with Crippen molar-refractivity contribution < 1.29 is 23.4 Å². The molecule has 0 amide bonds. The van der Waals surface area contributed by atoms with Gasteiger partial charge in [0.2, 0.25) is 5.82 Å². The van der Waals surface area contributed by atoms with Crippen molar-refractivity contribution in [2.75, 3.05) is 6.61 Å². The minimum absolute atomic E-state index is 0.206. The molecule has 1 N–H and O–H groups in total. The van der Waals surface area contributed by atoms with Gasteiger partial charge in [-0.3, -0.25) is 4.79 Å². The SMILES string of the molecule is O=C(O)CCOc1cc(Br)cc(F)c1F. The number of carbonyl (C=O) groups is 1. The Morgan fingerprint density at radius 2 is 2.13 bits per heavy atom. The van der Waals surface area contributed by atoms with Crippen molar-refractivity contribution in [3.8, 4) is 5.75 Å². The van der Waals surface area contributed by atoms with Gasteiger partial charge in [-0.1, -0.05) is 15.9 Å². The smallest absolute Gasteiger partial charge is 0.306 e. The fraction of sp³-hybridized carbons (Fsp3) is 0.222. The third-order valence-corrected chi connectivity index (χ3v) is 1.99. The molecule has 0 saturated heterocycles. The first kappa shape index (κ1) is 11.9. The number of hydrogen-bond acceptors (Lipinski definition) is 2. The fourth-order valence-corrected chi connectivity index (χ4v) is 1.29. The van der Waals surface area contributed by atoms with Crippen molar-refractivity contribution in [2.24, 2.45) is 0 Å². The maximum atomic E-state index is 13.0. The van der Waals surface area contributed by atoms with Gasteiger partial charge in [-0.2, -0.15) is 4.39 Å². The number of hydrogen-bond donors (Lipinski definition) is 1. The molecule has 0 heterocycles. The first-order chi connectivity index (χ1) is 7.00. The lowest BCUT2D eigenvalue weighted by molar-refractivity contribution is -0.137. The summed E-state index contributed by atoms with van der Waals surface area (Å²) in [6.45, 7) is -0.206. The van der Waals surface area contributed by atoms with Crippen LogP contribution in [0.5, 0.6) is 5.75 Å². The van der Waals surface area contributed by atoms with E-state index < -0.39 is 17.6 Å². The van der Waals surface area contributed by atoms with Crippen molar-refractivity contribution in [3.63, 3.8) is 0 Å².